The minimum Gasteiger partial charge on any atom is -0.477 e. The molecule has 0 fully saturated rings. The molecule has 0 bridgehead atoms. The first-order valence-electron chi connectivity index (χ1n) is 6.93. The fourth-order valence-electron chi connectivity index (χ4n) is 2.12. The van der Waals surface area contributed by atoms with Crippen molar-refractivity contribution < 1.29 is 19.1 Å². The third-order valence-electron chi connectivity index (χ3n) is 3.11. The van der Waals surface area contributed by atoms with Gasteiger partial charge in [-0.05, 0) is 30.7 Å². The van der Waals surface area contributed by atoms with Gasteiger partial charge in [0.15, 0.2) is 0 Å². The highest BCUT2D eigenvalue weighted by atomic mass is 32.1. The van der Waals surface area contributed by atoms with Crippen molar-refractivity contribution in [1.29, 1.82) is 0 Å². The van der Waals surface area contributed by atoms with Crippen LogP contribution in [-0.4, -0.2) is 21.6 Å². The van der Waals surface area contributed by atoms with Gasteiger partial charge in [0, 0.05) is 11.4 Å². The third kappa shape index (κ3) is 4.04. The molecule has 23 heavy (non-hydrogen) atoms. The molecular formula is C15H15FN2O4S. The maximum absolute atomic E-state index is 12.8. The number of carbonyl (C=O) groups is 2. The Kier molecular flexibility index (Phi) is 5.28. The molecule has 2 N–H and O–H groups in total. The summed E-state index contributed by atoms with van der Waals surface area (Å²) in [6.07, 6.45) is 1.04. The van der Waals surface area contributed by atoms with E-state index in [0.717, 1.165) is 0 Å². The van der Waals surface area contributed by atoms with E-state index in [-0.39, 0.29) is 11.4 Å². The van der Waals surface area contributed by atoms with Crippen LogP contribution in [-0.2, 0) is 17.8 Å². The molecule has 0 aliphatic rings. The van der Waals surface area contributed by atoms with Crippen LogP contribution in [0, 0.1) is 5.82 Å². The Morgan fingerprint density at radius 1 is 1.30 bits per heavy atom. The number of amides is 1. The zero-order valence-electron chi connectivity index (χ0n) is 12.3. The Morgan fingerprint density at radius 2 is 1.96 bits per heavy atom. The SMILES string of the molecule is CCCc1c(C(=O)O)sc(=O)n1CC(=O)Nc1ccc(F)cc1. The lowest BCUT2D eigenvalue weighted by Gasteiger charge is -2.09. The second-order valence-corrected chi connectivity index (χ2v) is 5.80. The number of rotatable bonds is 6. The zero-order chi connectivity index (χ0) is 17.0. The largest absolute Gasteiger partial charge is 0.477 e. The van der Waals surface area contributed by atoms with Crippen molar-refractivity contribution in [3.8, 4) is 0 Å². The van der Waals surface area contributed by atoms with Crippen molar-refractivity contribution in [1.82, 2.24) is 4.57 Å². The average molecular weight is 338 g/mol. The van der Waals surface area contributed by atoms with E-state index in [4.69, 9.17) is 5.11 Å². The van der Waals surface area contributed by atoms with Crippen LogP contribution < -0.4 is 10.2 Å². The Balaban J connectivity index is 2.21. The highest BCUT2D eigenvalue weighted by Crippen LogP contribution is 2.15. The molecule has 0 unspecified atom stereocenters. The number of hydrogen-bond donors (Lipinski definition) is 2. The van der Waals surface area contributed by atoms with Gasteiger partial charge in [0.25, 0.3) is 0 Å². The lowest BCUT2D eigenvalue weighted by Crippen LogP contribution is -2.26. The van der Waals surface area contributed by atoms with Crippen molar-refractivity contribution in [2.24, 2.45) is 0 Å². The number of aromatic nitrogens is 1. The summed E-state index contributed by atoms with van der Waals surface area (Å²) in [5, 5.41) is 11.7. The molecule has 0 radical (unpaired) electrons. The van der Waals surface area contributed by atoms with E-state index in [1.54, 1.807) is 0 Å². The summed E-state index contributed by atoms with van der Waals surface area (Å²) in [7, 11) is 0. The lowest BCUT2D eigenvalue weighted by molar-refractivity contribution is -0.116. The van der Waals surface area contributed by atoms with Gasteiger partial charge in [-0.25, -0.2) is 9.18 Å². The molecule has 0 atom stereocenters. The highest BCUT2D eigenvalue weighted by molar-refractivity contribution is 7.11. The quantitative estimate of drug-likeness (QED) is 0.846. The first-order valence-corrected chi connectivity index (χ1v) is 7.75. The number of halogens is 1. The van der Waals surface area contributed by atoms with Crippen LogP contribution in [0.1, 0.15) is 28.7 Å². The molecule has 0 aliphatic carbocycles. The van der Waals surface area contributed by atoms with Gasteiger partial charge in [0.2, 0.25) is 5.91 Å². The molecule has 1 aromatic carbocycles. The van der Waals surface area contributed by atoms with Gasteiger partial charge in [0.1, 0.15) is 17.2 Å². The third-order valence-corrected chi connectivity index (χ3v) is 4.12. The standard InChI is InChI=1S/C15H15FN2O4S/c1-2-3-11-13(14(20)21)23-15(22)18(11)8-12(19)17-10-6-4-9(16)5-7-10/h4-7H,2-3,8H2,1H3,(H,17,19)(H,20,21). The van der Waals surface area contributed by atoms with E-state index in [0.29, 0.717) is 35.6 Å². The predicted octanol–water partition coefficient (Wildman–Crippen LogP) is 2.34. The van der Waals surface area contributed by atoms with E-state index in [1.807, 2.05) is 6.92 Å². The normalized spacial score (nSPS) is 10.5. The van der Waals surface area contributed by atoms with Crippen molar-refractivity contribution in [2.45, 2.75) is 26.3 Å². The maximum atomic E-state index is 12.8. The van der Waals surface area contributed by atoms with Crippen molar-refractivity contribution in [3.63, 3.8) is 0 Å². The second-order valence-electron chi connectivity index (χ2n) is 4.84. The number of carboxylic acids is 1. The molecule has 0 saturated heterocycles. The smallest absolute Gasteiger partial charge is 0.347 e. The average Bonchev–Trinajstić information content (AvgIpc) is 2.79. The molecule has 1 amide bonds. The van der Waals surface area contributed by atoms with Crippen molar-refractivity contribution in [2.75, 3.05) is 5.32 Å². The van der Waals surface area contributed by atoms with E-state index in [2.05, 4.69) is 5.32 Å². The summed E-state index contributed by atoms with van der Waals surface area (Å²) >= 11 is 0.618. The van der Waals surface area contributed by atoms with Crippen molar-refractivity contribution in [3.05, 3.63) is 50.3 Å². The zero-order valence-corrected chi connectivity index (χ0v) is 13.2. The van der Waals surface area contributed by atoms with Crippen molar-refractivity contribution >= 4 is 28.9 Å². The molecule has 1 aromatic heterocycles. The van der Waals surface area contributed by atoms with Crippen LogP contribution >= 0.6 is 11.3 Å². The molecule has 122 valence electrons. The Hall–Kier alpha value is -2.48. The minimum atomic E-state index is -1.17. The number of carboxylic acid groups (broad SMARTS) is 1. The molecule has 0 spiro atoms. The fourth-order valence-corrected chi connectivity index (χ4v) is 3.00. The van der Waals surface area contributed by atoms with Crippen LogP contribution in [0.4, 0.5) is 10.1 Å². The van der Waals surface area contributed by atoms with Gasteiger partial charge in [-0.1, -0.05) is 24.7 Å². The predicted molar refractivity (Wildman–Crippen MR) is 84.6 cm³/mol. The first-order chi connectivity index (χ1) is 10.9. The number of nitrogens with one attached hydrogen (secondary N) is 1. The summed E-state index contributed by atoms with van der Waals surface area (Å²) in [6.45, 7) is 1.58. The molecule has 1 heterocycles. The van der Waals surface area contributed by atoms with Gasteiger partial charge in [-0.15, -0.1) is 0 Å². The summed E-state index contributed by atoms with van der Waals surface area (Å²) in [5.41, 5.74) is 0.749. The number of aromatic carboxylic acids is 1. The summed E-state index contributed by atoms with van der Waals surface area (Å²) in [5.74, 6) is -2.08. The molecule has 2 rings (SSSR count). The number of thiazole rings is 1. The molecule has 0 aliphatic heterocycles. The number of nitrogens with zero attached hydrogens (tertiary/aromatic N) is 1. The monoisotopic (exact) mass is 338 g/mol. The number of hydrogen-bond acceptors (Lipinski definition) is 4. The van der Waals surface area contributed by atoms with E-state index < -0.39 is 22.6 Å². The van der Waals surface area contributed by atoms with Crippen LogP contribution in [0.2, 0.25) is 0 Å². The molecule has 8 heteroatoms. The summed E-state index contributed by atoms with van der Waals surface area (Å²) in [4.78, 5) is 34.7. The Labute approximate surface area is 135 Å². The number of carbonyl (C=O) groups excluding carboxylic acids is 1. The van der Waals surface area contributed by atoms with E-state index in [1.165, 1.54) is 28.8 Å². The van der Waals surface area contributed by atoms with Crippen LogP contribution in [0.15, 0.2) is 29.1 Å². The fraction of sp³-hybridized carbons (Fsp3) is 0.267. The van der Waals surface area contributed by atoms with Crippen LogP contribution in [0.25, 0.3) is 0 Å². The van der Waals surface area contributed by atoms with Crippen LogP contribution in [0.5, 0.6) is 0 Å². The highest BCUT2D eigenvalue weighted by Gasteiger charge is 2.20. The van der Waals surface area contributed by atoms with Crippen LogP contribution in [0.3, 0.4) is 0 Å². The number of benzene rings is 1. The molecule has 2 aromatic rings. The van der Waals surface area contributed by atoms with Gasteiger partial charge in [-0.3, -0.25) is 14.2 Å². The maximum Gasteiger partial charge on any atom is 0.347 e. The van der Waals surface area contributed by atoms with Gasteiger partial charge >= 0.3 is 10.8 Å². The number of anilines is 1. The first kappa shape index (κ1) is 16.9. The van der Waals surface area contributed by atoms with Gasteiger partial charge in [0.05, 0.1) is 0 Å². The molecule has 6 nitrogen and oxygen atoms in total. The van der Waals surface area contributed by atoms with Gasteiger partial charge in [-0.2, -0.15) is 0 Å². The lowest BCUT2D eigenvalue weighted by atomic mass is 10.2. The van der Waals surface area contributed by atoms with Gasteiger partial charge < -0.3 is 10.4 Å². The van der Waals surface area contributed by atoms with E-state index >= 15 is 0 Å². The Morgan fingerprint density at radius 3 is 2.52 bits per heavy atom. The summed E-state index contributed by atoms with van der Waals surface area (Å²) < 4.78 is 14.0. The van der Waals surface area contributed by atoms with E-state index in [9.17, 15) is 18.8 Å². The second kappa shape index (κ2) is 7.19. The minimum absolute atomic E-state index is 0.0357. The molecular weight excluding hydrogens is 323 g/mol. The Bertz CT molecular complexity index is 780. The summed E-state index contributed by atoms with van der Waals surface area (Å²) in [6, 6.07) is 5.22. The molecule has 0 saturated carbocycles. The topological polar surface area (TPSA) is 88.4 Å².